The van der Waals surface area contributed by atoms with Gasteiger partial charge in [0.15, 0.2) is 0 Å². The molecule has 0 bridgehead atoms. The van der Waals surface area contributed by atoms with Crippen molar-refractivity contribution in [2.24, 2.45) is 17.8 Å². The molecule has 0 heterocycles. The van der Waals surface area contributed by atoms with Gasteiger partial charge >= 0.3 is 17.9 Å². The number of unbranched alkanes of at least 4 members (excludes halogenated alkanes) is 7. The van der Waals surface area contributed by atoms with E-state index in [0.717, 1.165) is 44.9 Å². The average molecular weight is 413 g/mol. The SMILES string of the molecule is CCCCCCCC(C)C(=O)OC(=O)CCCCCCC(C)C(=O)OCC(C)C. The Morgan fingerprint density at radius 2 is 1.21 bits per heavy atom. The quantitative estimate of drug-likeness (QED) is 0.161. The van der Waals surface area contributed by atoms with Gasteiger partial charge in [-0.1, -0.05) is 86.0 Å². The van der Waals surface area contributed by atoms with Gasteiger partial charge in [-0.25, -0.2) is 0 Å². The molecule has 0 saturated heterocycles. The minimum absolute atomic E-state index is 0.0835. The van der Waals surface area contributed by atoms with Gasteiger partial charge in [-0.05, 0) is 25.2 Å². The van der Waals surface area contributed by atoms with Crippen LogP contribution < -0.4 is 0 Å². The smallest absolute Gasteiger partial charge is 0.316 e. The molecule has 0 aliphatic heterocycles. The summed E-state index contributed by atoms with van der Waals surface area (Å²) >= 11 is 0. The molecule has 5 heteroatoms. The van der Waals surface area contributed by atoms with Crippen molar-refractivity contribution >= 4 is 17.9 Å². The van der Waals surface area contributed by atoms with E-state index in [1.165, 1.54) is 19.3 Å². The minimum Gasteiger partial charge on any atom is -0.465 e. The molecule has 0 N–H and O–H groups in total. The zero-order valence-electron chi connectivity index (χ0n) is 19.5. The highest BCUT2D eigenvalue weighted by Gasteiger charge is 2.18. The zero-order valence-corrected chi connectivity index (χ0v) is 19.5. The summed E-state index contributed by atoms with van der Waals surface area (Å²) < 4.78 is 10.2. The van der Waals surface area contributed by atoms with E-state index in [0.29, 0.717) is 18.9 Å². The highest BCUT2D eigenvalue weighted by atomic mass is 16.6. The fraction of sp³-hybridized carbons (Fsp3) is 0.875. The largest absolute Gasteiger partial charge is 0.465 e. The van der Waals surface area contributed by atoms with Gasteiger partial charge in [-0.15, -0.1) is 0 Å². The van der Waals surface area contributed by atoms with Gasteiger partial charge in [0, 0.05) is 6.42 Å². The monoisotopic (exact) mass is 412 g/mol. The maximum Gasteiger partial charge on any atom is 0.316 e. The predicted molar refractivity (Wildman–Crippen MR) is 116 cm³/mol. The molecule has 0 aromatic rings. The highest BCUT2D eigenvalue weighted by Crippen LogP contribution is 2.15. The Morgan fingerprint density at radius 3 is 1.76 bits per heavy atom. The lowest BCUT2D eigenvalue weighted by atomic mass is 10.0. The van der Waals surface area contributed by atoms with Gasteiger partial charge in [-0.3, -0.25) is 14.4 Å². The van der Waals surface area contributed by atoms with Crippen molar-refractivity contribution in [2.45, 2.75) is 112 Å². The van der Waals surface area contributed by atoms with Crippen molar-refractivity contribution in [3.63, 3.8) is 0 Å². The molecular weight excluding hydrogens is 368 g/mol. The maximum absolute atomic E-state index is 12.0. The number of rotatable bonds is 17. The first-order valence-electron chi connectivity index (χ1n) is 11.7. The summed E-state index contributed by atoms with van der Waals surface area (Å²) in [6.07, 6.45) is 11.1. The molecule has 0 rings (SSSR count). The first kappa shape index (κ1) is 27.6. The molecule has 0 radical (unpaired) electrons. The summed E-state index contributed by atoms with van der Waals surface area (Å²) in [7, 11) is 0. The van der Waals surface area contributed by atoms with Crippen molar-refractivity contribution in [1.82, 2.24) is 0 Å². The number of carbonyl (C=O) groups excluding carboxylic acids is 3. The second kappa shape index (κ2) is 17.5. The summed E-state index contributed by atoms with van der Waals surface area (Å²) in [5.41, 5.74) is 0. The standard InChI is InChI=1S/C24H44O5/c1-6-7-8-9-12-16-21(5)24(27)29-22(25)17-14-11-10-13-15-20(4)23(26)28-18-19(2)3/h19-21H,6-18H2,1-5H3. The molecular formula is C24H44O5. The number of carbonyl (C=O) groups is 3. The van der Waals surface area contributed by atoms with Gasteiger partial charge < -0.3 is 9.47 Å². The average Bonchev–Trinajstić information content (AvgIpc) is 2.67. The Hall–Kier alpha value is -1.39. The fourth-order valence-corrected chi connectivity index (χ4v) is 3.02. The molecule has 0 amide bonds. The summed E-state index contributed by atoms with van der Waals surface area (Å²) in [6, 6.07) is 0. The van der Waals surface area contributed by atoms with Gasteiger partial charge in [0.2, 0.25) is 0 Å². The third-order valence-electron chi connectivity index (χ3n) is 5.09. The molecule has 0 aliphatic rings. The third kappa shape index (κ3) is 16.1. The van der Waals surface area contributed by atoms with E-state index in [1.807, 2.05) is 27.7 Å². The number of hydrogen-bond acceptors (Lipinski definition) is 5. The van der Waals surface area contributed by atoms with E-state index in [2.05, 4.69) is 6.92 Å². The van der Waals surface area contributed by atoms with Crippen molar-refractivity contribution in [3.8, 4) is 0 Å². The molecule has 0 aromatic carbocycles. The van der Waals surface area contributed by atoms with E-state index in [-0.39, 0.29) is 30.2 Å². The van der Waals surface area contributed by atoms with Crippen molar-refractivity contribution in [1.29, 1.82) is 0 Å². The van der Waals surface area contributed by atoms with E-state index in [1.54, 1.807) is 0 Å². The van der Waals surface area contributed by atoms with Crippen LogP contribution in [0.2, 0.25) is 0 Å². The Morgan fingerprint density at radius 1 is 0.690 bits per heavy atom. The molecule has 29 heavy (non-hydrogen) atoms. The normalized spacial score (nSPS) is 13.2. The van der Waals surface area contributed by atoms with Crippen LogP contribution in [0.3, 0.4) is 0 Å². The molecule has 0 aromatic heterocycles. The molecule has 0 aliphatic carbocycles. The van der Waals surface area contributed by atoms with Crippen LogP contribution in [0.5, 0.6) is 0 Å². The topological polar surface area (TPSA) is 69.7 Å². The van der Waals surface area contributed by atoms with E-state index in [4.69, 9.17) is 9.47 Å². The van der Waals surface area contributed by atoms with Crippen LogP contribution in [-0.4, -0.2) is 24.5 Å². The molecule has 5 nitrogen and oxygen atoms in total. The van der Waals surface area contributed by atoms with E-state index >= 15 is 0 Å². The molecule has 170 valence electrons. The Bertz CT molecular complexity index is 458. The highest BCUT2D eigenvalue weighted by molar-refractivity contribution is 5.86. The molecule has 0 saturated carbocycles. The van der Waals surface area contributed by atoms with Crippen LogP contribution in [-0.2, 0) is 23.9 Å². The lowest BCUT2D eigenvalue weighted by Crippen LogP contribution is -2.19. The maximum atomic E-state index is 12.0. The summed E-state index contributed by atoms with van der Waals surface area (Å²) in [5, 5.41) is 0. The summed E-state index contributed by atoms with van der Waals surface area (Å²) in [4.78, 5) is 35.6. The van der Waals surface area contributed by atoms with Gasteiger partial charge in [0.05, 0.1) is 18.4 Å². The van der Waals surface area contributed by atoms with Crippen LogP contribution in [0.15, 0.2) is 0 Å². The van der Waals surface area contributed by atoms with Crippen molar-refractivity contribution in [2.75, 3.05) is 6.61 Å². The van der Waals surface area contributed by atoms with E-state index < -0.39 is 5.97 Å². The Kier molecular flexibility index (Phi) is 16.6. The van der Waals surface area contributed by atoms with Crippen LogP contribution in [0.4, 0.5) is 0 Å². The fourth-order valence-electron chi connectivity index (χ4n) is 3.02. The van der Waals surface area contributed by atoms with Crippen molar-refractivity contribution in [3.05, 3.63) is 0 Å². The second-order valence-corrected chi connectivity index (χ2v) is 8.77. The van der Waals surface area contributed by atoms with Crippen LogP contribution in [0, 0.1) is 17.8 Å². The summed E-state index contributed by atoms with van der Waals surface area (Å²) in [5.74, 6) is -0.873. The van der Waals surface area contributed by atoms with Crippen molar-refractivity contribution < 1.29 is 23.9 Å². The van der Waals surface area contributed by atoms with E-state index in [9.17, 15) is 14.4 Å². The van der Waals surface area contributed by atoms with Gasteiger partial charge in [0.1, 0.15) is 0 Å². The zero-order chi connectivity index (χ0) is 22.1. The van der Waals surface area contributed by atoms with Crippen LogP contribution in [0.25, 0.3) is 0 Å². The molecule has 2 unspecified atom stereocenters. The third-order valence-corrected chi connectivity index (χ3v) is 5.09. The van der Waals surface area contributed by atoms with Crippen LogP contribution in [0.1, 0.15) is 112 Å². The van der Waals surface area contributed by atoms with Gasteiger partial charge in [-0.2, -0.15) is 0 Å². The second-order valence-electron chi connectivity index (χ2n) is 8.77. The number of hydrogen-bond donors (Lipinski definition) is 0. The predicted octanol–water partition coefficient (Wildman–Crippen LogP) is 6.23. The van der Waals surface area contributed by atoms with Crippen LogP contribution >= 0.6 is 0 Å². The summed E-state index contributed by atoms with van der Waals surface area (Å²) in [6.45, 7) is 10.4. The number of ether oxygens (including phenoxy) is 2. The lowest BCUT2D eigenvalue weighted by Gasteiger charge is -2.12. The Balaban J connectivity index is 3.72. The Labute approximate surface area is 178 Å². The lowest BCUT2D eigenvalue weighted by molar-refractivity contribution is -0.162. The minimum atomic E-state index is -0.418. The molecule has 0 fully saturated rings. The first-order valence-corrected chi connectivity index (χ1v) is 11.7. The molecule has 2 atom stereocenters. The first-order chi connectivity index (χ1) is 13.8. The van der Waals surface area contributed by atoms with Gasteiger partial charge in [0.25, 0.3) is 0 Å². The number of esters is 3. The molecule has 0 spiro atoms.